The number of nitrogens with one attached hydrogen (secondary N) is 1. The summed E-state index contributed by atoms with van der Waals surface area (Å²) in [6.07, 6.45) is 3.23. The zero-order valence-corrected chi connectivity index (χ0v) is 11.6. The minimum absolute atomic E-state index is 0.00769. The maximum absolute atomic E-state index is 12.1. The van der Waals surface area contributed by atoms with Gasteiger partial charge < -0.3 is 14.6 Å². The van der Waals surface area contributed by atoms with Crippen LogP contribution in [0.3, 0.4) is 0 Å². The summed E-state index contributed by atoms with van der Waals surface area (Å²) in [5.41, 5.74) is 0.323. The van der Waals surface area contributed by atoms with Crippen molar-refractivity contribution < 1.29 is 9.53 Å². The van der Waals surface area contributed by atoms with E-state index < -0.39 is 5.60 Å². The van der Waals surface area contributed by atoms with Crippen LogP contribution < -0.4 is 5.56 Å². The van der Waals surface area contributed by atoms with Crippen molar-refractivity contribution in [3.8, 4) is 0 Å². The van der Waals surface area contributed by atoms with Gasteiger partial charge in [0.15, 0.2) is 0 Å². The minimum atomic E-state index is -0.491. The highest BCUT2D eigenvalue weighted by atomic mass is 16.6. The van der Waals surface area contributed by atoms with Gasteiger partial charge in [0.1, 0.15) is 5.60 Å². The lowest BCUT2D eigenvalue weighted by atomic mass is 10.1. The molecule has 0 radical (unpaired) electrons. The van der Waals surface area contributed by atoms with Gasteiger partial charge in [0.25, 0.3) is 0 Å². The Hall–Kier alpha value is -1.78. The maximum atomic E-state index is 12.1. The third kappa shape index (κ3) is 3.36. The molecule has 1 aliphatic rings. The predicted octanol–water partition coefficient (Wildman–Crippen LogP) is 2.45. The average Bonchev–Trinajstić information content (AvgIpc) is 2.76. The van der Waals surface area contributed by atoms with Crippen LogP contribution in [0.1, 0.15) is 45.2 Å². The summed E-state index contributed by atoms with van der Waals surface area (Å²) in [4.78, 5) is 27.6. The van der Waals surface area contributed by atoms with Crippen LogP contribution in [0.5, 0.6) is 0 Å². The molecule has 1 fully saturated rings. The Morgan fingerprint density at radius 2 is 2.16 bits per heavy atom. The van der Waals surface area contributed by atoms with Crippen molar-refractivity contribution in [3.63, 3.8) is 0 Å². The molecule has 19 heavy (non-hydrogen) atoms. The number of nitrogens with zero attached hydrogens (tertiary/aromatic N) is 1. The van der Waals surface area contributed by atoms with Gasteiger partial charge in [0.2, 0.25) is 5.56 Å². The van der Waals surface area contributed by atoms with E-state index in [2.05, 4.69) is 4.98 Å². The van der Waals surface area contributed by atoms with Crippen molar-refractivity contribution in [1.29, 1.82) is 0 Å². The fourth-order valence-corrected chi connectivity index (χ4v) is 2.28. The summed E-state index contributed by atoms with van der Waals surface area (Å²) < 4.78 is 5.41. The normalized spacial score (nSPS) is 19.5. The third-order valence-corrected chi connectivity index (χ3v) is 3.07. The summed E-state index contributed by atoms with van der Waals surface area (Å²) in [6.45, 7) is 6.26. The number of likely N-dealkylation sites (tertiary alicyclic amines) is 1. The van der Waals surface area contributed by atoms with Gasteiger partial charge in [-0.15, -0.1) is 0 Å². The molecule has 1 atom stereocenters. The second kappa shape index (κ2) is 5.07. The zero-order chi connectivity index (χ0) is 14.0. The minimum Gasteiger partial charge on any atom is -0.444 e. The van der Waals surface area contributed by atoms with Crippen LogP contribution >= 0.6 is 0 Å². The van der Waals surface area contributed by atoms with Crippen LogP contribution in [0.4, 0.5) is 4.79 Å². The van der Waals surface area contributed by atoms with E-state index in [4.69, 9.17) is 4.74 Å². The second-order valence-electron chi connectivity index (χ2n) is 5.82. The number of rotatable bonds is 1. The molecule has 0 bridgehead atoms. The third-order valence-electron chi connectivity index (χ3n) is 3.07. The number of pyridine rings is 1. The van der Waals surface area contributed by atoms with Gasteiger partial charge in [-0.1, -0.05) is 6.07 Å². The first-order valence-electron chi connectivity index (χ1n) is 6.55. The molecule has 5 nitrogen and oxygen atoms in total. The Morgan fingerprint density at radius 3 is 2.74 bits per heavy atom. The number of H-pyrrole nitrogens is 1. The van der Waals surface area contributed by atoms with E-state index in [1.807, 2.05) is 20.8 Å². The monoisotopic (exact) mass is 264 g/mol. The highest BCUT2D eigenvalue weighted by molar-refractivity contribution is 5.69. The van der Waals surface area contributed by atoms with Gasteiger partial charge in [-0.25, -0.2) is 4.79 Å². The topological polar surface area (TPSA) is 62.4 Å². The molecular weight excluding hydrogens is 244 g/mol. The number of hydrogen-bond donors (Lipinski definition) is 1. The Morgan fingerprint density at radius 1 is 1.42 bits per heavy atom. The summed E-state index contributed by atoms with van der Waals surface area (Å²) in [6, 6.07) is 3.25. The molecule has 1 aliphatic heterocycles. The molecule has 1 amide bonds. The van der Waals surface area contributed by atoms with E-state index in [0.717, 1.165) is 18.4 Å². The first-order chi connectivity index (χ1) is 8.87. The van der Waals surface area contributed by atoms with Gasteiger partial charge >= 0.3 is 6.09 Å². The summed E-state index contributed by atoms with van der Waals surface area (Å²) in [5.74, 6) is 0. The molecule has 1 aromatic rings. The number of hydrogen-bond acceptors (Lipinski definition) is 3. The molecule has 2 heterocycles. The van der Waals surface area contributed by atoms with Gasteiger partial charge in [-0.05, 0) is 39.2 Å². The molecule has 1 N–H and O–H groups in total. The van der Waals surface area contributed by atoms with Crippen molar-refractivity contribution in [1.82, 2.24) is 9.88 Å². The van der Waals surface area contributed by atoms with Crippen LogP contribution in [-0.4, -0.2) is 28.1 Å². The van der Waals surface area contributed by atoms with E-state index in [0.29, 0.717) is 6.54 Å². The quantitative estimate of drug-likeness (QED) is 0.847. The Kier molecular flexibility index (Phi) is 3.64. The first-order valence-corrected chi connectivity index (χ1v) is 6.55. The first kappa shape index (κ1) is 13.6. The lowest BCUT2D eigenvalue weighted by molar-refractivity contribution is 0.0224. The van der Waals surface area contributed by atoms with E-state index in [1.165, 1.54) is 6.07 Å². The van der Waals surface area contributed by atoms with Gasteiger partial charge in [-0.3, -0.25) is 4.79 Å². The fraction of sp³-hybridized carbons (Fsp3) is 0.571. The van der Waals surface area contributed by atoms with Crippen molar-refractivity contribution in [2.75, 3.05) is 6.54 Å². The van der Waals surface area contributed by atoms with E-state index >= 15 is 0 Å². The Labute approximate surface area is 112 Å². The van der Waals surface area contributed by atoms with Crippen molar-refractivity contribution >= 4 is 6.09 Å². The number of ether oxygens (including phenoxy) is 1. The average molecular weight is 264 g/mol. The van der Waals surface area contributed by atoms with E-state index in [9.17, 15) is 9.59 Å². The molecular formula is C14H20N2O3. The van der Waals surface area contributed by atoms with Crippen LogP contribution in [0.15, 0.2) is 23.1 Å². The second-order valence-corrected chi connectivity index (χ2v) is 5.82. The number of amides is 1. The highest BCUT2D eigenvalue weighted by Gasteiger charge is 2.33. The lowest BCUT2D eigenvalue weighted by Gasteiger charge is -2.28. The molecule has 5 heteroatoms. The Balaban J connectivity index is 2.15. The molecule has 0 aromatic carbocycles. The molecule has 0 spiro atoms. The van der Waals surface area contributed by atoms with E-state index in [1.54, 1.807) is 17.2 Å². The summed E-state index contributed by atoms with van der Waals surface area (Å²) >= 11 is 0. The van der Waals surface area contributed by atoms with Crippen LogP contribution in [-0.2, 0) is 4.74 Å². The maximum Gasteiger partial charge on any atom is 0.410 e. The predicted molar refractivity (Wildman–Crippen MR) is 72.0 cm³/mol. The Bertz CT molecular complexity index is 496. The SMILES string of the molecule is CC(C)(C)OC(=O)N1CCC[C@@H]1c1ccc(=O)[nH]c1. The van der Waals surface area contributed by atoms with Crippen molar-refractivity contribution in [2.45, 2.75) is 45.3 Å². The molecule has 0 saturated carbocycles. The molecule has 0 unspecified atom stereocenters. The van der Waals surface area contributed by atoms with Crippen LogP contribution in [0.25, 0.3) is 0 Å². The number of aromatic amines is 1. The van der Waals surface area contributed by atoms with Gasteiger partial charge in [0, 0.05) is 18.8 Å². The van der Waals surface area contributed by atoms with Gasteiger partial charge in [0.05, 0.1) is 6.04 Å². The highest BCUT2D eigenvalue weighted by Crippen LogP contribution is 2.32. The molecule has 1 saturated heterocycles. The number of aromatic nitrogens is 1. The van der Waals surface area contributed by atoms with Crippen molar-refractivity contribution in [3.05, 3.63) is 34.2 Å². The summed E-state index contributed by atoms with van der Waals surface area (Å²) in [5, 5.41) is 0. The standard InChI is InChI=1S/C14H20N2O3/c1-14(2,3)19-13(18)16-8-4-5-11(16)10-6-7-12(17)15-9-10/h6-7,9,11H,4-5,8H2,1-3H3,(H,15,17)/t11-/m1/s1. The molecule has 0 aliphatic carbocycles. The van der Waals surface area contributed by atoms with Crippen molar-refractivity contribution in [2.24, 2.45) is 0 Å². The van der Waals surface area contributed by atoms with E-state index in [-0.39, 0.29) is 17.7 Å². The van der Waals surface area contributed by atoms with Gasteiger partial charge in [-0.2, -0.15) is 0 Å². The molecule has 2 rings (SSSR count). The van der Waals surface area contributed by atoms with Crippen LogP contribution in [0.2, 0.25) is 0 Å². The summed E-state index contributed by atoms with van der Waals surface area (Å²) in [7, 11) is 0. The lowest BCUT2D eigenvalue weighted by Crippen LogP contribution is -2.36. The smallest absolute Gasteiger partial charge is 0.410 e. The van der Waals surface area contributed by atoms with Crippen LogP contribution in [0, 0.1) is 0 Å². The number of carbonyl (C=O) groups is 1. The molecule has 104 valence electrons. The largest absolute Gasteiger partial charge is 0.444 e. The zero-order valence-electron chi connectivity index (χ0n) is 11.6. The molecule has 1 aromatic heterocycles. The number of carbonyl (C=O) groups excluding carboxylic acids is 1. The fourth-order valence-electron chi connectivity index (χ4n) is 2.28.